The lowest BCUT2D eigenvalue weighted by Gasteiger charge is -1.91. The average molecular weight is 134 g/mol. The second-order valence-electron chi connectivity index (χ2n) is 1.67. The second-order valence-corrected chi connectivity index (χ2v) is 3.86. The highest BCUT2D eigenvalue weighted by Crippen LogP contribution is 1.99. The Morgan fingerprint density at radius 1 is 1.50 bits per heavy atom. The quantitative estimate of drug-likeness (QED) is 0.535. The molecule has 0 aromatic carbocycles. The van der Waals surface area contributed by atoms with Gasteiger partial charge in [-0.3, -0.25) is 0 Å². The van der Waals surface area contributed by atoms with Crippen molar-refractivity contribution in [1.82, 2.24) is 0 Å². The summed E-state index contributed by atoms with van der Waals surface area (Å²) in [6.07, 6.45) is 2.78. The van der Waals surface area contributed by atoms with Crippen LogP contribution in [0.3, 0.4) is 0 Å². The van der Waals surface area contributed by atoms with Gasteiger partial charge < -0.3 is 0 Å². The van der Waals surface area contributed by atoms with Crippen LogP contribution in [0.25, 0.3) is 0 Å². The fourth-order valence-corrected chi connectivity index (χ4v) is 0.642. The van der Waals surface area contributed by atoms with Crippen LogP contribution in [-0.2, 0) is 9.84 Å². The smallest absolute Gasteiger partial charge is 0.171 e. The summed E-state index contributed by atoms with van der Waals surface area (Å²) in [6, 6.07) is 0. The number of allylic oxidation sites excluding steroid dienone is 2. The van der Waals surface area contributed by atoms with Crippen LogP contribution in [0.4, 0.5) is 0 Å². The first-order chi connectivity index (χ1) is 3.48. The molecule has 0 radical (unpaired) electrons. The summed E-state index contributed by atoms with van der Waals surface area (Å²) in [6.45, 7) is 3.28. The third-order valence-corrected chi connectivity index (χ3v) is 2.40. The Balaban J connectivity index is 4.55. The molecule has 48 valence electrons. The molecule has 0 heterocycles. The van der Waals surface area contributed by atoms with Crippen molar-refractivity contribution in [3.63, 3.8) is 0 Å². The third kappa shape index (κ3) is 2.12. The molecular weight excluding hydrogens is 124 g/mol. The lowest BCUT2D eigenvalue weighted by molar-refractivity contribution is 0.607. The molecule has 0 atom stereocenters. The highest BCUT2D eigenvalue weighted by Gasteiger charge is 2.00. The van der Waals surface area contributed by atoms with Crippen LogP contribution < -0.4 is 0 Å². The van der Waals surface area contributed by atoms with Gasteiger partial charge in [0.25, 0.3) is 0 Å². The van der Waals surface area contributed by atoms with Crippen molar-refractivity contribution < 1.29 is 8.42 Å². The zero-order chi connectivity index (χ0) is 6.78. The Kier molecular flexibility index (Phi) is 2.22. The van der Waals surface area contributed by atoms with Gasteiger partial charge in [-0.1, -0.05) is 6.08 Å². The van der Waals surface area contributed by atoms with Crippen LogP contribution in [0.15, 0.2) is 11.0 Å². The lowest BCUT2D eigenvalue weighted by atomic mass is 10.6. The monoisotopic (exact) mass is 134 g/mol. The summed E-state index contributed by atoms with van der Waals surface area (Å²) < 4.78 is 21.0. The van der Waals surface area contributed by atoms with E-state index in [9.17, 15) is 8.42 Å². The van der Waals surface area contributed by atoms with E-state index < -0.39 is 9.84 Å². The molecule has 0 N–H and O–H groups in total. The SMILES string of the molecule is C/C=C(/C)S(C)(=O)=O. The van der Waals surface area contributed by atoms with Crippen molar-refractivity contribution in [3.05, 3.63) is 11.0 Å². The number of rotatable bonds is 1. The van der Waals surface area contributed by atoms with Crippen molar-refractivity contribution in [2.24, 2.45) is 0 Å². The van der Waals surface area contributed by atoms with E-state index in [-0.39, 0.29) is 0 Å². The predicted molar refractivity (Wildman–Crippen MR) is 34.3 cm³/mol. The topological polar surface area (TPSA) is 34.1 Å². The van der Waals surface area contributed by atoms with E-state index >= 15 is 0 Å². The van der Waals surface area contributed by atoms with Crippen LogP contribution in [0.5, 0.6) is 0 Å². The Morgan fingerprint density at radius 3 is 1.88 bits per heavy atom. The van der Waals surface area contributed by atoms with Gasteiger partial charge in [0, 0.05) is 11.2 Å². The number of hydrogen-bond acceptors (Lipinski definition) is 2. The highest BCUT2D eigenvalue weighted by atomic mass is 32.2. The normalized spacial score (nSPS) is 14.1. The van der Waals surface area contributed by atoms with Gasteiger partial charge in [0.05, 0.1) is 0 Å². The van der Waals surface area contributed by atoms with E-state index in [0.29, 0.717) is 4.91 Å². The van der Waals surface area contributed by atoms with E-state index in [0.717, 1.165) is 0 Å². The average Bonchev–Trinajstić information content (AvgIpc) is 1.62. The lowest BCUT2D eigenvalue weighted by Crippen LogP contribution is -1.95. The van der Waals surface area contributed by atoms with Gasteiger partial charge in [-0.05, 0) is 13.8 Å². The maximum atomic E-state index is 10.5. The van der Waals surface area contributed by atoms with Crippen molar-refractivity contribution in [2.75, 3.05) is 6.26 Å². The highest BCUT2D eigenvalue weighted by molar-refractivity contribution is 7.94. The minimum Gasteiger partial charge on any atom is -0.224 e. The molecule has 0 aliphatic carbocycles. The maximum absolute atomic E-state index is 10.5. The molecule has 8 heavy (non-hydrogen) atoms. The first-order valence-corrected chi connectivity index (χ1v) is 4.20. The molecule has 0 saturated heterocycles. The van der Waals surface area contributed by atoms with Crippen LogP contribution in [0, 0.1) is 0 Å². The molecule has 0 fully saturated rings. The third-order valence-electron chi connectivity index (χ3n) is 0.991. The zero-order valence-corrected chi connectivity index (χ0v) is 6.12. The first kappa shape index (κ1) is 7.69. The standard InChI is InChI=1S/C5H10O2S/c1-4-5(2)8(3,6)7/h4H,1-3H3/b5-4-. The molecule has 0 spiro atoms. The van der Waals surface area contributed by atoms with E-state index in [1.54, 1.807) is 19.9 Å². The van der Waals surface area contributed by atoms with Gasteiger partial charge in [0.1, 0.15) is 0 Å². The summed E-state index contributed by atoms with van der Waals surface area (Å²) in [7, 11) is -2.89. The molecule has 0 bridgehead atoms. The summed E-state index contributed by atoms with van der Waals surface area (Å²) in [5.74, 6) is 0. The van der Waals surface area contributed by atoms with Crippen LogP contribution in [0.2, 0.25) is 0 Å². The van der Waals surface area contributed by atoms with E-state index in [1.807, 2.05) is 0 Å². The molecule has 3 heteroatoms. The molecule has 0 aliphatic heterocycles. The van der Waals surface area contributed by atoms with Crippen molar-refractivity contribution >= 4 is 9.84 Å². The maximum Gasteiger partial charge on any atom is 0.171 e. The van der Waals surface area contributed by atoms with Crippen LogP contribution in [0.1, 0.15) is 13.8 Å². The Hall–Kier alpha value is -0.310. The molecule has 0 saturated carbocycles. The van der Waals surface area contributed by atoms with Gasteiger partial charge in [-0.25, -0.2) is 8.42 Å². The van der Waals surface area contributed by atoms with Gasteiger partial charge >= 0.3 is 0 Å². The minimum absolute atomic E-state index is 0.428. The second kappa shape index (κ2) is 2.31. The van der Waals surface area contributed by atoms with Gasteiger partial charge in [0.2, 0.25) is 0 Å². The number of sulfone groups is 1. The minimum atomic E-state index is -2.89. The van der Waals surface area contributed by atoms with Crippen LogP contribution in [-0.4, -0.2) is 14.7 Å². The van der Waals surface area contributed by atoms with Gasteiger partial charge in [-0.2, -0.15) is 0 Å². The molecule has 0 amide bonds. The van der Waals surface area contributed by atoms with E-state index in [1.165, 1.54) is 6.26 Å². The molecule has 0 aliphatic rings. The number of hydrogen-bond donors (Lipinski definition) is 0. The van der Waals surface area contributed by atoms with E-state index in [2.05, 4.69) is 0 Å². The summed E-state index contributed by atoms with van der Waals surface area (Å²) in [5, 5.41) is 0. The van der Waals surface area contributed by atoms with Crippen LogP contribution >= 0.6 is 0 Å². The Morgan fingerprint density at radius 2 is 1.88 bits per heavy atom. The van der Waals surface area contributed by atoms with E-state index in [4.69, 9.17) is 0 Å². The van der Waals surface area contributed by atoms with Gasteiger partial charge in [-0.15, -0.1) is 0 Å². The van der Waals surface area contributed by atoms with Crippen molar-refractivity contribution in [3.8, 4) is 0 Å². The zero-order valence-electron chi connectivity index (χ0n) is 5.30. The summed E-state index contributed by atoms with van der Waals surface area (Å²) in [4.78, 5) is 0.428. The fourth-order valence-electron chi connectivity index (χ4n) is 0.214. The Bertz CT molecular complexity index is 186. The molecule has 0 rings (SSSR count). The summed E-state index contributed by atoms with van der Waals surface area (Å²) in [5.41, 5.74) is 0. The summed E-state index contributed by atoms with van der Waals surface area (Å²) >= 11 is 0. The van der Waals surface area contributed by atoms with Crippen molar-refractivity contribution in [2.45, 2.75) is 13.8 Å². The molecular formula is C5H10O2S. The molecule has 0 unspecified atom stereocenters. The largest absolute Gasteiger partial charge is 0.224 e. The van der Waals surface area contributed by atoms with Crippen molar-refractivity contribution in [1.29, 1.82) is 0 Å². The fraction of sp³-hybridized carbons (Fsp3) is 0.600. The first-order valence-electron chi connectivity index (χ1n) is 2.31. The Labute approximate surface area is 50.1 Å². The molecule has 0 aromatic rings. The predicted octanol–water partition coefficient (Wildman–Crippen LogP) is 0.955. The van der Waals surface area contributed by atoms with Gasteiger partial charge in [0.15, 0.2) is 9.84 Å². The molecule has 2 nitrogen and oxygen atoms in total. The molecule has 0 aromatic heterocycles.